The zero-order valence-electron chi connectivity index (χ0n) is 16.3. The van der Waals surface area contributed by atoms with Crippen LogP contribution in [-0.4, -0.2) is 50.3 Å². The molecular weight excluding hydrogens is 430 g/mol. The van der Waals surface area contributed by atoms with Crippen molar-refractivity contribution in [1.82, 2.24) is 9.29 Å². The average molecular weight is 450 g/mol. The van der Waals surface area contributed by atoms with Crippen molar-refractivity contribution >= 4 is 50.1 Å². The highest BCUT2D eigenvalue weighted by Crippen LogP contribution is 2.26. The van der Waals surface area contributed by atoms with Crippen LogP contribution in [0.15, 0.2) is 53.6 Å². The molecule has 2 aromatic carbocycles. The number of ether oxygens (including phenoxy) is 1. The third kappa shape index (κ3) is 4.81. The maximum Gasteiger partial charge on any atom is 0.310 e. The smallest absolute Gasteiger partial charge is 0.310 e. The molecule has 30 heavy (non-hydrogen) atoms. The largest absolute Gasteiger partial charge is 0.455 e. The molecule has 0 saturated carbocycles. The number of carbonyl (C=O) groups is 2. The summed E-state index contributed by atoms with van der Waals surface area (Å²) in [5.74, 6) is -1.20. The van der Waals surface area contributed by atoms with Gasteiger partial charge in [0.2, 0.25) is 10.0 Å². The van der Waals surface area contributed by atoms with Crippen LogP contribution in [0.4, 0.5) is 5.69 Å². The monoisotopic (exact) mass is 449 g/mol. The topological polar surface area (TPSA) is 109 Å². The minimum atomic E-state index is -3.69. The van der Waals surface area contributed by atoms with Crippen molar-refractivity contribution in [2.24, 2.45) is 0 Å². The number of aromatic amines is 1. The van der Waals surface area contributed by atoms with Crippen LogP contribution in [0.1, 0.15) is 5.56 Å². The summed E-state index contributed by atoms with van der Waals surface area (Å²) in [5.41, 5.74) is 1.78. The Bertz CT molecular complexity index is 1200. The fraction of sp³-hybridized carbons (Fsp3) is 0.200. The lowest BCUT2D eigenvalue weighted by Gasteiger charge is -2.14. The summed E-state index contributed by atoms with van der Waals surface area (Å²) < 4.78 is 30.6. The van der Waals surface area contributed by atoms with E-state index in [2.05, 4.69) is 10.3 Å². The van der Waals surface area contributed by atoms with Gasteiger partial charge in [-0.15, -0.1) is 0 Å². The third-order valence-electron chi connectivity index (χ3n) is 4.36. The SMILES string of the molecule is CN(C)S(=O)(=O)c1ccc(Cl)c(NC(=O)COC(=O)Cc2c[nH]c3ccccc23)c1. The zero-order valence-corrected chi connectivity index (χ0v) is 17.9. The van der Waals surface area contributed by atoms with Crippen molar-refractivity contribution in [3.05, 3.63) is 59.2 Å². The van der Waals surface area contributed by atoms with Crippen LogP contribution < -0.4 is 5.32 Å². The van der Waals surface area contributed by atoms with Crippen LogP contribution in [0.3, 0.4) is 0 Å². The number of anilines is 1. The number of hydrogen-bond donors (Lipinski definition) is 2. The summed E-state index contributed by atoms with van der Waals surface area (Å²) in [6, 6.07) is 11.5. The van der Waals surface area contributed by atoms with E-state index in [0.717, 1.165) is 20.8 Å². The number of nitrogens with zero attached hydrogens (tertiary/aromatic N) is 1. The molecule has 3 aromatic rings. The number of benzene rings is 2. The molecule has 0 unspecified atom stereocenters. The average Bonchev–Trinajstić information content (AvgIpc) is 3.11. The van der Waals surface area contributed by atoms with E-state index in [1.807, 2.05) is 24.3 Å². The lowest BCUT2D eigenvalue weighted by atomic mass is 10.1. The molecule has 0 aliphatic carbocycles. The summed E-state index contributed by atoms with van der Waals surface area (Å²) in [6.07, 6.45) is 1.73. The van der Waals surface area contributed by atoms with E-state index in [9.17, 15) is 18.0 Å². The second-order valence-electron chi connectivity index (χ2n) is 6.67. The molecule has 0 radical (unpaired) electrons. The molecule has 0 bridgehead atoms. The predicted molar refractivity (Wildman–Crippen MR) is 114 cm³/mol. The van der Waals surface area contributed by atoms with Gasteiger partial charge < -0.3 is 15.0 Å². The van der Waals surface area contributed by atoms with Crippen LogP contribution in [0.5, 0.6) is 0 Å². The summed E-state index contributed by atoms with van der Waals surface area (Å²) in [4.78, 5) is 27.3. The Morgan fingerprint density at radius 1 is 1.17 bits per heavy atom. The maximum absolute atomic E-state index is 12.2. The molecule has 0 fully saturated rings. The molecule has 2 N–H and O–H groups in total. The standard InChI is InChI=1S/C20H20ClN3O5S/c1-24(2)30(27,28)14-7-8-16(21)18(10-14)23-19(25)12-29-20(26)9-13-11-22-17-6-4-3-5-15(13)17/h3-8,10-11,22H,9,12H2,1-2H3,(H,23,25). The number of amides is 1. The fourth-order valence-corrected chi connectivity index (χ4v) is 3.88. The molecule has 0 aliphatic heterocycles. The number of H-pyrrole nitrogens is 1. The molecular formula is C20H20ClN3O5S. The van der Waals surface area contributed by atoms with Crippen LogP contribution in [0, 0.1) is 0 Å². The predicted octanol–water partition coefficient (Wildman–Crippen LogP) is 2.80. The highest BCUT2D eigenvalue weighted by Gasteiger charge is 2.19. The highest BCUT2D eigenvalue weighted by atomic mass is 35.5. The number of aromatic nitrogens is 1. The Kier molecular flexibility index (Phi) is 6.45. The van der Waals surface area contributed by atoms with E-state index in [4.69, 9.17) is 16.3 Å². The Hall–Kier alpha value is -2.88. The summed E-state index contributed by atoms with van der Waals surface area (Å²) >= 11 is 6.05. The minimum absolute atomic E-state index is 0.00854. The van der Waals surface area contributed by atoms with E-state index in [1.54, 1.807) is 6.20 Å². The van der Waals surface area contributed by atoms with E-state index in [0.29, 0.717) is 0 Å². The number of sulfonamides is 1. The summed E-state index contributed by atoms with van der Waals surface area (Å²) in [6.45, 7) is -0.526. The highest BCUT2D eigenvalue weighted by molar-refractivity contribution is 7.89. The Labute approximate surface area is 178 Å². The van der Waals surface area contributed by atoms with Gasteiger partial charge in [-0.3, -0.25) is 9.59 Å². The molecule has 1 amide bonds. The van der Waals surface area contributed by atoms with Crippen LogP contribution in [0.2, 0.25) is 5.02 Å². The molecule has 0 spiro atoms. The van der Waals surface area contributed by atoms with Gasteiger partial charge in [0, 0.05) is 31.2 Å². The number of nitrogens with one attached hydrogen (secondary N) is 2. The first-order valence-electron chi connectivity index (χ1n) is 8.91. The van der Waals surface area contributed by atoms with Gasteiger partial charge in [0.1, 0.15) is 0 Å². The lowest BCUT2D eigenvalue weighted by Crippen LogP contribution is -2.23. The summed E-state index contributed by atoms with van der Waals surface area (Å²) in [7, 11) is -0.893. The van der Waals surface area contributed by atoms with Gasteiger partial charge in [0.15, 0.2) is 6.61 Å². The minimum Gasteiger partial charge on any atom is -0.455 e. The molecule has 0 atom stereocenters. The number of halogens is 1. The second kappa shape index (κ2) is 8.86. The molecule has 158 valence electrons. The van der Waals surface area contributed by atoms with E-state index in [-0.39, 0.29) is 22.0 Å². The molecule has 8 nitrogen and oxygen atoms in total. The van der Waals surface area contributed by atoms with Gasteiger partial charge in [0.25, 0.3) is 5.91 Å². The zero-order chi connectivity index (χ0) is 21.9. The Balaban J connectivity index is 1.61. The molecule has 0 saturated heterocycles. The molecule has 0 aliphatic rings. The van der Waals surface area contributed by atoms with E-state index < -0.39 is 28.5 Å². The van der Waals surface area contributed by atoms with Crippen molar-refractivity contribution in [1.29, 1.82) is 0 Å². The van der Waals surface area contributed by atoms with Gasteiger partial charge >= 0.3 is 5.97 Å². The number of para-hydroxylation sites is 1. The van der Waals surface area contributed by atoms with Crippen LogP contribution in [0.25, 0.3) is 10.9 Å². The molecule has 3 rings (SSSR count). The number of rotatable bonds is 7. The molecule has 1 heterocycles. The van der Waals surface area contributed by atoms with Crippen molar-refractivity contribution in [3.63, 3.8) is 0 Å². The van der Waals surface area contributed by atoms with Crippen LogP contribution >= 0.6 is 11.6 Å². The number of carbonyl (C=O) groups excluding carboxylic acids is 2. The maximum atomic E-state index is 12.2. The fourth-order valence-electron chi connectivity index (χ4n) is 2.79. The van der Waals surface area contributed by atoms with Crippen molar-refractivity contribution in [2.45, 2.75) is 11.3 Å². The lowest BCUT2D eigenvalue weighted by molar-refractivity contribution is -0.146. The Morgan fingerprint density at radius 2 is 1.90 bits per heavy atom. The Morgan fingerprint density at radius 3 is 2.63 bits per heavy atom. The van der Waals surface area contributed by atoms with Gasteiger partial charge in [-0.2, -0.15) is 0 Å². The first-order chi connectivity index (χ1) is 14.2. The first kappa shape index (κ1) is 21.8. The van der Waals surface area contributed by atoms with Crippen molar-refractivity contribution in [3.8, 4) is 0 Å². The van der Waals surface area contributed by atoms with Gasteiger partial charge in [-0.05, 0) is 29.8 Å². The quantitative estimate of drug-likeness (QED) is 0.539. The molecule has 1 aromatic heterocycles. The number of fused-ring (bicyclic) bond motifs is 1. The van der Waals surface area contributed by atoms with Crippen LogP contribution in [-0.2, 0) is 30.8 Å². The third-order valence-corrected chi connectivity index (χ3v) is 6.51. The number of esters is 1. The van der Waals surface area contributed by atoms with Gasteiger partial charge in [-0.25, -0.2) is 12.7 Å². The van der Waals surface area contributed by atoms with Gasteiger partial charge in [0.05, 0.1) is 22.0 Å². The molecule has 10 heteroatoms. The van der Waals surface area contributed by atoms with E-state index >= 15 is 0 Å². The van der Waals surface area contributed by atoms with E-state index in [1.165, 1.54) is 32.3 Å². The van der Waals surface area contributed by atoms with Crippen molar-refractivity contribution < 1.29 is 22.7 Å². The summed E-state index contributed by atoms with van der Waals surface area (Å²) in [5, 5.41) is 3.53. The normalized spacial score (nSPS) is 11.6. The first-order valence-corrected chi connectivity index (χ1v) is 10.7. The number of hydrogen-bond acceptors (Lipinski definition) is 5. The van der Waals surface area contributed by atoms with Crippen molar-refractivity contribution in [2.75, 3.05) is 26.0 Å². The van der Waals surface area contributed by atoms with Gasteiger partial charge in [-0.1, -0.05) is 29.8 Å². The second-order valence-corrected chi connectivity index (χ2v) is 9.23.